The smallest absolute Gasteiger partial charge is 0.196 e. The fourth-order valence-electron chi connectivity index (χ4n) is 1.76. The van der Waals surface area contributed by atoms with E-state index in [4.69, 9.17) is 4.42 Å². The number of rotatable bonds is 4. The quantitative estimate of drug-likeness (QED) is 0.688. The lowest BCUT2D eigenvalue weighted by Crippen LogP contribution is -2.28. The zero-order valence-corrected chi connectivity index (χ0v) is 8.40. The molecule has 14 heavy (non-hydrogen) atoms. The molecule has 0 bridgehead atoms. The molecule has 1 aromatic heterocycles. The first-order valence-electron chi connectivity index (χ1n) is 5.06. The summed E-state index contributed by atoms with van der Waals surface area (Å²) in [5.41, 5.74) is 0. The van der Waals surface area contributed by atoms with Crippen molar-refractivity contribution in [3.05, 3.63) is 17.9 Å². The highest BCUT2D eigenvalue weighted by molar-refractivity contribution is 5.71. The van der Waals surface area contributed by atoms with Gasteiger partial charge in [0.25, 0.3) is 0 Å². The Kier molecular flexibility index (Phi) is 2.57. The van der Waals surface area contributed by atoms with E-state index in [2.05, 4.69) is 4.90 Å². The number of hydrogen-bond acceptors (Lipinski definition) is 3. The molecule has 0 aliphatic heterocycles. The van der Waals surface area contributed by atoms with Gasteiger partial charge in [-0.1, -0.05) is 6.42 Å². The number of aldehydes is 1. The molecule has 0 radical (unpaired) electrons. The summed E-state index contributed by atoms with van der Waals surface area (Å²) in [5, 5.41) is 0. The van der Waals surface area contributed by atoms with E-state index in [0.717, 1.165) is 24.6 Å². The first kappa shape index (κ1) is 9.31. The number of anilines is 1. The van der Waals surface area contributed by atoms with Crippen LogP contribution in [0.1, 0.15) is 29.8 Å². The lowest BCUT2D eigenvalue weighted by atomic mass is 9.85. The van der Waals surface area contributed by atoms with Crippen LogP contribution in [0.5, 0.6) is 0 Å². The van der Waals surface area contributed by atoms with Crippen LogP contribution in [0.25, 0.3) is 0 Å². The van der Waals surface area contributed by atoms with Crippen molar-refractivity contribution in [3.8, 4) is 0 Å². The standard InChI is InChI=1S/C11H15NO2/c1-12(7-9-3-2-4-9)11-6-5-10(8-13)14-11/h5-6,8-9H,2-4,7H2,1H3. The molecule has 3 nitrogen and oxygen atoms in total. The Morgan fingerprint density at radius 2 is 2.36 bits per heavy atom. The van der Waals surface area contributed by atoms with E-state index in [9.17, 15) is 4.79 Å². The number of carbonyl (C=O) groups is 1. The van der Waals surface area contributed by atoms with Crippen LogP contribution in [0.15, 0.2) is 16.5 Å². The van der Waals surface area contributed by atoms with E-state index in [0.29, 0.717) is 5.76 Å². The van der Waals surface area contributed by atoms with Gasteiger partial charge in [-0.2, -0.15) is 0 Å². The molecule has 1 saturated carbocycles. The van der Waals surface area contributed by atoms with Crippen LogP contribution in [-0.2, 0) is 0 Å². The Bertz CT molecular complexity index is 315. The fourth-order valence-corrected chi connectivity index (χ4v) is 1.76. The molecular weight excluding hydrogens is 178 g/mol. The number of carbonyl (C=O) groups excluding carboxylic acids is 1. The third-order valence-electron chi connectivity index (χ3n) is 2.86. The minimum atomic E-state index is 0.403. The molecule has 2 rings (SSSR count). The first-order chi connectivity index (χ1) is 6.79. The van der Waals surface area contributed by atoms with Gasteiger partial charge in [0.2, 0.25) is 0 Å². The van der Waals surface area contributed by atoms with Crippen LogP contribution < -0.4 is 4.90 Å². The SMILES string of the molecule is CN(CC1CCC1)c1ccc(C=O)o1. The molecule has 0 N–H and O–H groups in total. The highest BCUT2D eigenvalue weighted by atomic mass is 16.4. The third-order valence-corrected chi connectivity index (χ3v) is 2.86. The summed E-state index contributed by atoms with van der Waals surface area (Å²) in [7, 11) is 2.01. The maximum atomic E-state index is 10.4. The second kappa shape index (κ2) is 3.86. The fraction of sp³-hybridized carbons (Fsp3) is 0.545. The van der Waals surface area contributed by atoms with Crippen molar-refractivity contribution in [1.29, 1.82) is 0 Å². The Balaban J connectivity index is 1.95. The molecule has 3 heteroatoms. The van der Waals surface area contributed by atoms with Crippen LogP contribution in [0, 0.1) is 5.92 Å². The van der Waals surface area contributed by atoms with Crippen LogP contribution in [0.4, 0.5) is 5.88 Å². The molecule has 1 heterocycles. The Labute approximate surface area is 83.7 Å². The average Bonchev–Trinajstić information content (AvgIpc) is 2.59. The van der Waals surface area contributed by atoms with Gasteiger partial charge < -0.3 is 9.32 Å². The second-order valence-electron chi connectivity index (χ2n) is 3.97. The van der Waals surface area contributed by atoms with Crippen molar-refractivity contribution in [2.45, 2.75) is 19.3 Å². The van der Waals surface area contributed by atoms with Crippen molar-refractivity contribution >= 4 is 12.2 Å². The first-order valence-corrected chi connectivity index (χ1v) is 5.06. The minimum absolute atomic E-state index is 0.403. The second-order valence-corrected chi connectivity index (χ2v) is 3.97. The normalized spacial score (nSPS) is 16.4. The summed E-state index contributed by atoms with van der Waals surface area (Å²) in [5.74, 6) is 2.00. The number of hydrogen-bond donors (Lipinski definition) is 0. The molecule has 1 fully saturated rings. The van der Waals surface area contributed by atoms with E-state index in [1.807, 2.05) is 13.1 Å². The van der Waals surface area contributed by atoms with E-state index < -0.39 is 0 Å². The van der Waals surface area contributed by atoms with Gasteiger partial charge in [-0.15, -0.1) is 0 Å². The van der Waals surface area contributed by atoms with Crippen molar-refractivity contribution in [3.63, 3.8) is 0 Å². The van der Waals surface area contributed by atoms with Crippen molar-refractivity contribution in [1.82, 2.24) is 0 Å². The summed E-state index contributed by atoms with van der Waals surface area (Å²) >= 11 is 0. The average molecular weight is 193 g/mol. The van der Waals surface area contributed by atoms with Crippen LogP contribution in [0.2, 0.25) is 0 Å². The van der Waals surface area contributed by atoms with Gasteiger partial charge in [0.15, 0.2) is 17.9 Å². The highest BCUT2D eigenvalue weighted by Crippen LogP contribution is 2.28. The summed E-state index contributed by atoms with van der Waals surface area (Å²) < 4.78 is 5.32. The Morgan fingerprint density at radius 1 is 1.57 bits per heavy atom. The number of furan rings is 1. The molecule has 76 valence electrons. The van der Waals surface area contributed by atoms with Gasteiger partial charge in [0, 0.05) is 19.7 Å². The van der Waals surface area contributed by atoms with Gasteiger partial charge in [0.05, 0.1) is 0 Å². The van der Waals surface area contributed by atoms with Crippen molar-refractivity contribution in [2.24, 2.45) is 5.92 Å². The number of nitrogens with zero attached hydrogens (tertiary/aromatic N) is 1. The molecule has 0 spiro atoms. The lowest BCUT2D eigenvalue weighted by Gasteiger charge is -2.29. The molecule has 1 aliphatic carbocycles. The maximum Gasteiger partial charge on any atom is 0.196 e. The molecule has 1 aromatic rings. The molecule has 1 aliphatic rings. The zero-order valence-electron chi connectivity index (χ0n) is 8.40. The van der Waals surface area contributed by atoms with Crippen LogP contribution in [-0.4, -0.2) is 19.9 Å². The predicted octanol–water partition coefficient (Wildman–Crippen LogP) is 2.33. The third kappa shape index (κ3) is 1.81. The molecule has 0 amide bonds. The molecule has 0 aromatic carbocycles. The largest absolute Gasteiger partial charge is 0.438 e. The summed E-state index contributed by atoms with van der Waals surface area (Å²) in [6.45, 7) is 1.03. The van der Waals surface area contributed by atoms with Crippen LogP contribution >= 0.6 is 0 Å². The van der Waals surface area contributed by atoms with Gasteiger partial charge >= 0.3 is 0 Å². The van der Waals surface area contributed by atoms with Gasteiger partial charge in [-0.3, -0.25) is 4.79 Å². The topological polar surface area (TPSA) is 33.5 Å². The van der Waals surface area contributed by atoms with E-state index >= 15 is 0 Å². The maximum absolute atomic E-state index is 10.4. The Morgan fingerprint density at radius 3 is 2.86 bits per heavy atom. The van der Waals surface area contributed by atoms with Gasteiger partial charge in [-0.25, -0.2) is 0 Å². The molecule has 0 saturated heterocycles. The van der Waals surface area contributed by atoms with Gasteiger partial charge in [-0.05, 0) is 24.8 Å². The predicted molar refractivity (Wildman–Crippen MR) is 54.7 cm³/mol. The zero-order chi connectivity index (χ0) is 9.97. The lowest BCUT2D eigenvalue weighted by molar-refractivity contribution is 0.110. The summed E-state index contributed by atoms with van der Waals surface area (Å²) in [6.07, 6.45) is 4.74. The van der Waals surface area contributed by atoms with Crippen molar-refractivity contribution in [2.75, 3.05) is 18.5 Å². The Hall–Kier alpha value is -1.25. The minimum Gasteiger partial charge on any atom is -0.438 e. The molecular formula is C11H15NO2. The van der Waals surface area contributed by atoms with Crippen molar-refractivity contribution < 1.29 is 9.21 Å². The monoisotopic (exact) mass is 193 g/mol. The van der Waals surface area contributed by atoms with E-state index in [1.54, 1.807) is 6.07 Å². The van der Waals surface area contributed by atoms with E-state index in [1.165, 1.54) is 19.3 Å². The highest BCUT2D eigenvalue weighted by Gasteiger charge is 2.20. The van der Waals surface area contributed by atoms with E-state index in [-0.39, 0.29) is 0 Å². The van der Waals surface area contributed by atoms with Crippen LogP contribution in [0.3, 0.4) is 0 Å². The molecule has 0 atom stereocenters. The van der Waals surface area contributed by atoms with Gasteiger partial charge in [0.1, 0.15) is 0 Å². The summed E-state index contributed by atoms with van der Waals surface area (Å²) in [4.78, 5) is 12.5. The summed E-state index contributed by atoms with van der Waals surface area (Å²) in [6, 6.07) is 3.56. The molecule has 0 unspecified atom stereocenters.